The van der Waals surface area contributed by atoms with Crippen molar-refractivity contribution in [2.75, 3.05) is 7.11 Å². The molecule has 1 unspecified atom stereocenters. The fourth-order valence-electron chi connectivity index (χ4n) is 2.46. The fourth-order valence-corrected chi connectivity index (χ4v) is 3.64. The van der Waals surface area contributed by atoms with Crippen molar-refractivity contribution in [3.63, 3.8) is 0 Å². The highest BCUT2D eigenvalue weighted by Crippen LogP contribution is 2.38. The number of hydrogen-bond acceptors (Lipinski definition) is 1. The monoisotopic (exact) mass is 404 g/mol. The van der Waals surface area contributed by atoms with Gasteiger partial charge in [-0.2, -0.15) is 0 Å². The van der Waals surface area contributed by atoms with Crippen LogP contribution in [0, 0.1) is 0 Å². The van der Waals surface area contributed by atoms with Gasteiger partial charge in [0.25, 0.3) is 0 Å². The summed E-state index contributed by atoms with van der Waals surface area (Å²) in [7, 11) is 1.68. The second-order valence-corrected chi connectivity index (χ2v) is 6.59. The van der Waals surface area contributed by atoms with Crippen molar-refractivity contribution >= 4 is 42.6 Å². The van der Waals surface area contributed by atoms with Crippen molar-refractivity contribution in [2.24, 2.45) is 0 Å². The van der Waals surface area contributed by atoms with E-state index in [4.69, 9.17) is 4.74 Å². The first-order valence-corrected chi connectivity index (χ1v) is 8.36. The van der Waals surface area contributed by atoms with Gasteiger partial charge < -0.3 is 4.74 Å². The number of hydrogen-bond donors (Lipinski definition) is 0. The molecule has 3 aromatic carbocycles. The molecule has 0 saturated heterocycles. The van der Waals surface area contributed by atoms with Crippen LogP contribution in [-0.4, -0.2) is 7.11 Å². The van der Waals surface area contributed by atoms with Gasteiger partial charge in [0.2, 0.25) is 0 Å². The topological polar surface area (TPSA) is 9.23 Å². The third kappa shape index (κ3) is 2.85. The van der Waals surface area contributed by atoms with E-state index in [1.54, 1.807) is 7.11 Å². The van der Waals surface area contributed by atoms with E-state index < -0.39 is 0 Å². The molecular formula is C18H14Br2O. The summed E-state index contributed by atoms with van der Waals surface area (Å²) in [4.78, 5) is 0.154. The van der Waals surface area contributed by atoms with Gasteiger partial charge in [0.1, 0.15) is 5.75 Å². The van der Waals surface area contributed by atoms with Crippen LogP contribution in [0.3, 0.4) is 0 Å². The van der Waals surface area contributed by atoms with Crippen molar-refractivity contribution in [3.8, 4) is 5.75 Å². The van der Waals surface area contributed by atoms with Gasteiger partial charge in [-0.1, -0.05) is 74.3 Å². The third-order valence-electron chi connectivity index (χ3n) is 3.59. The summed E-state index contributed by atoms with van der Waals surface area (Å²) in [5.41, 5.74) is 2.47. The standard InChI is InChI=1S/C18H14Br2O/c1-21-13-8-6-12(7-9-13)18(20)16-10-11-17(19)15-5-3-2-4-14(15)16/h2-11,18H,1H3. The summed E-state index contributed by atoms with van der Waals surface area (Å²) in [5, 5.41) is 2.48. The number of alkyl halides is 1. The lowest BCUT2D eigenvalue weighted by atomic mass is 9.98. The molecule has 1 nitrogen and oxygen atoms in total. The van der Waals surface area contributed by atoms with E-state index in [0.717, 1.165) is 10.2 Å². The molecule has 0 aliphatic heterocycles. The SMILES string of the molecule is COc1ccc(C(Br)c2ccc(Br)c3ccccc23)cc1. The van der Waals surface area contributed by atoms with E-state index >= 15 is 0 Å². The van der Waals surface area contributed by atoms with Crippen LogP contribution < -0.4 is 4.74 Å². The molecule has 21 heavy (non-hydrogen) atoms. The van der Waals surface area contributed by atoms with E-state index in [2.05, 4.69) is 80.4 Å². The third-order valence-corrected chi connectivity index (χ3v) is 5.30. The molecule has 0 aromatic heterocycles. The predicted molar refractivity (Wildman–Crippen MR) is 95.4 cm³/mol. The fraction of sp³-hybridized carbons (Fsp3) is 0.111. The summed E-state index contributed by atoms with van der Waals surface area (Å²) in [5.74, 6) is 0.874. The maximum Gasteiger partial charge on any atom is 0.118 e. The molecule has 106 valence electrons. The van der Waals surface area contributed by atoms with Gasteiger partial charge in [-0.05, 0) is 40.1 Å². The molecule has 0 aliphatic rings. The van der Waals surface area contributed by atoms with E-state index in [-0.39, 0.29) is 4.83 Å². The van der Waals surface area contributed by atoms with Gasteiger partial charge in [-0.15, -0.1) is 0 Å². The molecule has 0 N–H and O–H groups in total. The number of ether oxygens (including phenoxy) is 1. The Labute approximate surface area is 141 Å². The Morgan fingerprint density at radius 2 is 1.52 bits per heavy atom. The van der Waals surface area contributed by atoms with E-state index in [1.807, 2.05) is 12.1 Å². The molecule has 3 heteroatoms. The minimum absolute atomic E-state index is 0.154. The first-order valence-electron chi connectivity index (χ1n) is 6.66. The van der Waals surface area contributed by atoms with E-state index in [1.165, 1.54) is 21.9 Å². The van der Waals surface area contributed by atoms with Crippen LogP contribution in [0.4, 0.5) is 0 Å². The summed E-state index contributed by atoms with van der Waals surface area (Å²) in [6.07, 6.45) is 0. The van der Waals surface area contributed by atoms with Crippen molar-refractivity contribution in [2.45, 2.75) is 4.83 Å². The average molecular weight is 406 g/mol. The minimum atomic E-state index is 0.154. The van der Waals surface area contributed by atoms with Crippen molar-refractivity contribution in [3.05, 3.63) is 76.3 Å². The van der Waals surface area contributed by atoms with Gasteiger partial charge in [-0.25, -0.2) is 0 Å². The predicted octanol–water partition coefficient (Wildman–Crippen LogP) is 6.10. The Morgan fingerprint density at radius 1 is 0.857 bits per heavy atom. The first-order chi connectivity index (χ1) is 10.2. The summed E-state index contributed by atoms with van der Waals surface area (Å²) in [6, 6.07) is 20.9. The molecular weight excluding hydrogens is 392 g/mol. The normalized spacial score (nSPS) is 12.3. The maximum atomic E-state index is 5.22. The van der Waals surface area contributed by atoms with Gasteiger partial charge in [-0.3, -0.25) is 0 Å². The average Bonchev–Trinajstić information content (AvgIpc) is 2.55. The first kappa shape index (κ1) is 14.6. The molecule has 0 fully saturated rings. The molecule has 0 amide bonds. The quantitative estimate of drug-likeness (QED) is 0.478. The largest absolute Gasteiger partial charge is 0.497 e. The minimum Gasteiger partial charge on any atom is -0.497 e. The van der Waals surface area contributed by atoms with Crippen molar-refractivity contribution in [1.29, 1.82) is 0 Å². The smallest absolute Gasteiger partial charge is 0.118 e. The van der Waals surface area contributed by atoms with Gasteiger partial charge in [0, 0.05) is 4.47 Å². The lowest BCUT2D eigenvalue weighted by Gasteiger charge is -2.15. The highest BCUT2D eigenvalue weighted by Gasteiger charge is 2.14. The number of rotatable bonds is 3. The lowest BCUT2D eigenvalue weighted by molar-refractivity contribution is 0.414. The van der Waals surface area contributed by atoms with E-state index in [9.17, 15) is 0 Å². The van der Waals surface area contributed by atoms with Crippen LogP contribution in [0.25, 0.3) is 10.8 Å². The highest BCUT2D eigenvalue weighted by molar-refractivity contribution is 9.10. The summed E-state index contributed by atoms with van der Waals surface area (Å²) < 4.78 is 6.34. The Balaban J connectivity index is 2.08. The van der Waals surface area contributed by atoms with Crippen LogP contribution in [-0.2, 0) is 0 Å². The molecule has 0 saturated carbocycles. The Bertz CT molecular complexity index is 766. The van der Waals surface area contributed by atoms with Crippen LogP contribution >= 0.6 is 31.9 Å². The Hall–Kier alpha value is -1.32. The van der Waals surface area contributed by atoms with Crippen LogP contribution in [0.2, 0.25) is 0 Å². The molecule has 3 aromatic rings. The molecule has 0 bridgehead atoms. The summed E-state index contributed by atoms with van der Waals surface area (Å²) in [6.45, 7) is 0. The number of halogens is 2. The zero-order valence-electron chi connectivity index (χ0n) is 11.5. The molecule has 0 aliphatic carbocycles. The second-order valence-electron chi connectivity index (χ2n) is 4.82. The van der Waals surface area contributed by atoms with Crippen molar-refractivity contribution < 1.29 is 4.74 Å². The van der Waals surface area contributed by atoms with Gasteiger partial charge in [0.05, 0.1) is 11.9 Å². The molecule has 0 spiro atoms. The molecule has 3 rings (SSSR count). The van der Waals surface area contributed by atoms with Crippen LogP contribution in [0.1, 0.15) is 16.0 Å². The maximum absolute atomic E-state index is 5.22. The summed E-state index contributed by atoms with van der Waals surface area (Å²) >= 11 is 7.45. The van der Waals surface area contributed by atoms with E-state index in [0.29, 0.717) is 0 Å². The molecule has 0 heterocycles. The second kappa shape index (κ2) is 6.20. The Morgan fingerprint density at radius 3 is 2.19 bits per heavy atom. The lowest BCUT2D eigenvalue weighted by Crippen LogP contribution is -1.95. The number of methoxy groups -OCH3 is 1. The Kier molecular flexibility index (Phi) is 4.32. The highest BCUT2D eigenvalue weighted by atomic mass is 79.9. The number of fused-ring (bicyclic) bond motifs is 1. The number of benzene rings is 3. The zero-order valence-corrected chi connectivity index (χ0v) is 14.7. The van der Waals surface area contributed by atoms with Gasteiger partial charge >= 0.3 is 0 Å². The van der Waals surface area contributed by atoms with Crippen molar-refractivity contribution in [1.82, 2.24) is 0 Å². The molecule has 0 radical (unpaired) electrons. The van der Waals surface area contributed by atoms with Gasteiger partial charge in [0.15, 0.2) is 0 Å². The zero-order chi connectivity index (χ0) is 14.8. The van der Waals surface area contributed by atoms with Crippen LogP contribution in [0.5, 0.6) is 5.75 Å². The van der Waals surface area contributed by atoms with Crippen LogP contribution in [0.15, 0.2) is 65.1 Å². The molecule has 1 atom stereocenters.